The number of hydrogen-bond donors (Lipinski definition) is 0. The third-order valence-corrected chi connectivity index (χ3v) is 1.45. The number of hydrogen-bond acceptors (Lipinski definition) is 1. The van der Waals surface area contributed by atoms with Crippen LogP contribution in [0.5, 0.6) is 0 Å². The molecule has 0 rings (SSSR count). The second kappa shape index (κ2) is 3.32. The molecule has 10 heteroatoms. The molecule has 0 aliphatic heterocycles. The van der Waals surface area contributed by atoms with Gasteiger partial charge in [-0.05, 0) is 23.6 Å². The Morgan fingerprint density at radius 1 is 0.692 bits per heavy atom. The Hall–Kier alpha value is 0.0500. The van der Waals surface area contributed by atoms with Crippen LogP contribution in [0.2, 0.25) is 0 Å². The molecule has 0 spiro atoms. The van der Waals surface area contributed by atoms with Gasteiger partial charge >= 0.3 is 18.1 Å². The Labute approximate surface area is 77.2 Å². The van der Waals surface area contributed by atoms with E-state index in [9.17, 15) is 30.7 Å². The Morgan fingerprint density at radius 2 is 0.923 bits per heavy atom. The first-order valence-corrected chi connectivity index (χ1v) is 3.06. The van der Waals surface area contributed by atoms with Gasteiger partial charge in [-0.1, -0.05) is 3.94 Å². The highest BCUT2D eigenvalue weighted by molar-refractivity contribution is 6.34. The second-order valence-corrected chi connectivity index (χ2v) is 2.70. The zero-order chi connectivity index (χ0) is 11.1. The van der Waals surface area contributed by atoms with Crippen molar-refractivity contribution in [3.63, 3.8) is 0 Å². The van der Waals surface area contributed by atoms with Crippen LogP contribution in [-0.4, -0.2) is 22.1 Å². The van der Waals surface area contributed by atoms with E-state index in [1.165, 1.54) is 0 Å². The molecule has 0 fully saturated rings. The van der Waals surface area contributed by atoms with Crippen molar-refractivity contribution in [2.75, 3.05) is 0 Å². The van der Waals surface area contributed by atoms with E-state index in [1.807, 2.05) is 0 Å². The van der Waals surface area contributed by atoms with Crippen molar-refractivity contribution in [1.29, 1.82) is 0 Å². The molecule has 80 valence electrons. The van der Waals surface area contributed by atoms with Gasteiger partial charge in [-0.2, -0.15) is 26.3 Å². The van der Waals surface area contributed by atoms with E-state index in [4.69, 9.17) is 0 Å². The summed E-state index contributed by atoms with van der Waals surface area (Å²) in [6, 6.07) is 0. The smallest absolute Gasteiger partial charge is 0.203 e. The molecule has 0 unspecified atom stereocenters. The monoisotopic (exact) mass is 253 g/mol. The number of alkyl halides is 7. The van der Waals surface area contributed by atoms with Crippen LogP contribution in [-0.2, 0) is 0 Å². The summed E-state index contributed by atoms with van der Waals surface area (Å²) < 4.78 is 80.0. The fraction of sp³-hybridized carbons (Fsp3) is 1.00. The molecule has 1 nitrogen and oxygen atoms in total. The Morgan fingerprint density at radius 3 is 0.923 bits per heavy atom. The average molecular weight is 254 g/mol. The average Bonchev–Trinajstić information content (AvgIpc) is 1.80. The fourth-order valence-corrected chi connectivity index (χ4v) is 0.736. The number of rotatable bonds is 1. The maximum Gasteiger partial charge on any atom is 0.448 e. The van der Waals surface area contributed by atoms with Gasteiger partial charge in [0.2, 0.25) is 0 Å². The van der Waals surface area contributed by atoms with E-state index in [0.29, 0.717) is 0 Å². The van der Waals surface area contributed by atoms with E-state index in [1.54, 1.807) is 0 Å². The highest BCUT2D eigenvalue weighted by atomic mass is 35.5. The molecule has 0 aliphatic carbocycles. The molecule has 0 amide bonds. The van der Waals surface area contributed by atoms with E-state index < -0.39 is 22.1 Å². The summed E-state index contributed by atoms with van der Waals surface area (Å²) >= 11 is 8.28. The molecule has 0 bridgehead atoms. The lowest BCUT2D eigenvalue weighted by Crippen LogP contribution is -2.58. The lowest BCUT2D eigenvalue weighted by atomic mass is 10.2. The van der Waals surface area contributed by atoms with E-state index in [0.717, 1.165) is 0 Å². The van der Waals surface area contributed by atoms with Crippen molar-refractivity contribution in [1.82, 2.24) is 3.94 Å². The molecule has 0 heterocycles. The topological polar surface area (TPSA) is 3.24 Å². The molecule has 13 heavy (non-hydrogen) atoms. The van der Waals surface area contributed by atoms with Crippen LogP contribution in [0.15, 0.2) is 0 Å². The maximum atomic E-state index is 12.3. The zero-order valence-electron chi connectivity index (χ0n) is 5.35. The number of nitrogens with zero attached hydrogens (tertiary/aromatic N) is 1. The van der Waals surface area contributed by atoms with Crippen molar-refractivity contribution >= 4 is 23.6 Å². The molecule has 0 saturated carbocycles. The summed E-state index contributed by atoms with van der Waals surface area (Å²) in [5.41, 5.74) is 0. The summed E-state index contributed by atoms with van der Waals surface area (Å²) in [5.74, 6) is -5.76. The van der Waals surface area contributed by atoms with E-state index in [2.05, 4.69) is 23.6 Å². The molecule has 0 aliphatic rings. The van der Waals surface area contributed by atoms with Crippen molar-refractivity contribution < 1.29 is 30.7 Å². The molecule has 0 aromatic heterocycles. The third kappa shape index (κ3) is 2.10. The van der Waals surface area contributed by atoms with Gasteiger partial charge in [-0.15, -0.1) is 0 Å². The maximum absolute atomic E-state index is 12.3. The van der Waals surface area contributed by atoms with Gasteiger partial charge < -0.3 is 0 Å². The van der Waals surface area contributed by atoms with Crippen LogP contribution in [0.1, 0.15) is 0 Å². The van der Waals surface area contributed by atoms with Gasteiger partial charge in [0.15, 0.2) is 0 Å². The summed E-state index contributed by atoms with van der Waals surface area (Å²) in [5, 5.41) is 0. The van der Waals surface area contributed by atoms with Crippen molar-refractivity contribution in [2.45, 2.75) is 18.1 Å². The van der Waals surface area contributed by atoms with Crippen molar-refractivity contribution in [2.24, 2.45) is 0 Å². The molecule has 0 atom stereocenters. The lowest BCUT2D eigenvalue weighted by Gasteiger charge is -2.30. The highest BCUT2D eigenvalue weighted by Crippen LogP contribution is 2.49. The molecular formula is C3Cl2F7N. The van der Waals surface area contributed by atoms with Crippen LogP contribution in [0.4, 0.5) is 30.7 Å². The first kappa shape index (κ1) is 13.1. The van der Waals surface area contributed by atoms with Crippen LogP contribution in [0.3, 0.4) is 0 Å². The van der Waals surface area contributed by atoms with Gasteiger partial charge in [0.25, 0.3) is 0 Å². The second-order valence-electron chi connectivity index (χ2n) is 1.85. The summed E-state index contributed by atoms with van der Waals surface area (Å²) in [6.07, 6.45) is -12.5. The molecule has 0 aromatic rings. The first-order valence-electron chi connectivity index (χ1n) is 2.38. The minimum atomic E-state index is -6.27. The minimum absolute atomic E-state index is 1.62. The summed E-state index contributed by atoms with van der Waals surface area (Å²) in [4.78, 5) is 0. The van der Waals surface area contributed by atoms with Crippen LogP contribution >= 0.6 is 23.6 Å². The van der Waals surface area contributed by atoms with Gasteiger partial charge in [0.05, 0.1) is 0 Å². The van der Waals surface area contributed by atoms with Crippen LogP contribution in [0.25, 0.3) is 0 Å². The van der Waals surface area contributed by atoms with Gasteiger partial charge in [-0.25, -0.2) is 4.39 Å². The standard InChI is InChI=1S/C3Cl2F7N/c4-13(5)1(6,2(7,8)9)3(10,11)12. The molecular weight excluding hydrogens is 254 g/mol. The predicted octanol–water partition coefficient (Wildman–Crippen LogP) is 3.39. The molecule has 0 aromatic carbocycles. The molecule has 0 radical (unpaired) electrons. The zero-order valence-corrected chi connectivity index (χ0v) is 6.86. The first-order chi connectivity index (χ1) is 5.44. The van der Waals surface area contributed by atoms with Crippen molar-refractivity contribution in [3.05, 3.63) is 0 Å². The molecule has 0 N–H and O–H groups in total. The normalized spacial score (nSPS) is 15.2. The van der Waals surface area contributed by atoms with Gasteiger partial charge in [0, 0.05) is 0 Å². The lowest BCUT2D eigenvalue weighted by molar-refractivity contribution is -0.363. The third-order valence-electron chi connectivity index (χ3n) is 0.984. The Bertz CT molecular complexity index is 169. The molecule has 0 saturated heterocycles. The van der Waals surface area contributed by atoms with Gasteiger partial charge in [0.1, 0.15) is 0 Å². The van der Waals surface area contributed by atoms with E-state index in [-0.39, 0.29) is 0 Å². The Balaban J connectivity index is 5.22. The highest BCUT2D eigenvalue weighted by Gasteiger charge is 2.76. The quantitative estimate of drug-likeness (QED) is 0.394. The van der Waals surface area contributed by atoms with Crippen molar-refractivity contribution in [3.8, 4) is 0 Å². The van der Waals surface area contributed by atoms with Gasteiger partial charge in [-0.3, -0.25) is 0 Å². The van der Waals surface area contributed by atoms with Crippen LogP contribution in [0, 0.1) is 0 Å². The summed E-state index contributed by atoms with van der Waals surface area (Å²) in [6.45, 7) is 0. The van der Waals surface area contributed by atoms with E-state index >= 15 is 0 Å². The number of halogens is 9. The predicted molar refractivity (Wildman–Crippen MR) is 29.5 cm³/mol. The van der Waals surface area contributed by atoms with Crippen LogP contribution < -0.4 is 0 Å². The Kier molecular flexibility index (Phi) is 3.33. The fourth-order valence-electron chi connectivity index (χ4n) is 0.352. The SMILES string of the molecule is FC(F)(F)C(F)(N(Cl)Cl)C(F)(F)F. The largest absolute Gasteiger partial charge is 0.448 e. The summed E-state index contributed by atoms with van der Waals surface area (Å²) in [7, 11) is 0. The minimum Gasteiger partial charge on any atom is -0.203 e.